The quantitative estimate of drug-likeness (QED) is 0.819. The molecule has 2 heterocycles. The van der Waals surface area contributed by atoms with E-state index in [0.717, 1.165) is 17.2 Å². The van der Waals surface area contributed by atoms with Crippen molar-refractivity contribution in [1.29, 1.82) is 0 Å². The summed E-state index contributed by atoms with van der Waals surface area (Å²) in [5.41, 5.74) is 1.40. The summed E-state index contributed by atoms with van der Waals surface area (Å²) in [5, 5.41) is 3.56. The van der Waals surface area contributed by atoms with E-state index < -0.39 is 0 Å². The summed E-state index contributed by atoms with van der Waals surface area (Å²) in [5.74, 6) is 2.27. The third-order valence-corrected chi connectivity index (χ3v) is 2.97. The molecule has 2 N–H and O–H groups in total. The van der Waals surface area contributed by atoms with Gasteiger partial charge in [0.15, 0.2) is 11.5 Å². The molecule has 6 heteroatoms. The number of fused-ring (bicyclic) bond motifs is 1. The van der Waals surface area contributed by atoms with Crippen molar-refractivity contribution >= 4 is 28.6 Å². The van der Waals surface area contributed by atoms with E-state index in [0.29, 0.717) is 11.6 Å². The maximum atomic E-state index is 5.94. The van der Waals surface area contributed by atoms with Gasteiger partial charge < -0.3 is 10.3 Å². The smallest absolute Gasteiger partial charge is 0.226 e. The van der Waals surface area contributed by atoms with Crippen molar-refractivity contribution < 1.29 is 0 Å². The third kappa shape index (κ3) is 2.27. The van der Waals surface area contributed by atoms with Gasteiger partial charge in [-0.2, -0.15) is 9.97 Å². The number of halogens is 1. The largest absolute Gasteiger partial charge is 0.364 e. The molecular formula is C12H16ClN5. The molecule has 1 aliphatic carbocycles. The Morgan fingerprint density at radius 3 is 2.56 bits per heavy atom. The van der Waals surface area contributed by atoms with Crippen LogP contribution in [-0.2, 0) is 0 Å². The van der Waals surface area contributed by atoms with E-state index in [9.17, 15) is 0 Å². The van der Waals surface area contributed by atoms with E-state index in [1.54, 1.807) is 0 Å². The molecule has 5 nitrogen and oxygen atoms in total. The van der Waals surface area contributed by atoms with Gasteiger partial charge in [-0.05, 0) is 45.2 Å². The van der Waals surface area contributed by atoms with Gasteiger partial charge in [0.25, 0.3) is 0 Å². The highest BCUT2D eigenvalue weighted by Gasteiger charge is 2.28. The highest BCUT2D eigenvalue weighted by molar-refractivity contribution is 6.28. The van der Waals surface area contributed by atoms with Gasteiger partial charge in [0, 0.05) is 11.5 Å². The zero-order valence-electron chi connectivity index (χ0n) is 10.7. The normalized spacial score (nSPS) is 16.2. The number of aromatic amines is 1. The molecule has 0 unspecified atom stereocenters. The van der Waals surface area contributed by atoms with Crippen molar-refractivity contribution in [2.45, 2.75) is 45.1 Å². The van der Waals surface area contributed by atoms with Crippen LogP contribution in [0.2, 0.25) is 5.28 Å². The van der Waals surface area contributed by atoms with E-state index >= 15 is 0 Å². The molecule has 3 rings (SSSR count). The second kappa shape index (κ2) is 3.82. The van der Waals surface area contributed by atoms with Crippen molar-refractivity contribution in [3.8, 4) is 0 Å². The van der Waals surface area contributed by atoms with E-state index in [-0.39, 0.29) is 10.8 Å². The molecule has 0 aliphatic heterocycles. The summed E-state index contributed by atoms with van der Waals surface area (Å²) >= 11 is 5.94. The minimum Gasteiger partial charge on any atom is -0.364 e. The summed E-state index contributed by atoms with van der Waals surface area (Å²) in [6.07, 6.45) is 2.39. The average molecular weight is 266 g/mol. The minimum absolute atomic E-state index is 0.0878. The zero-order valence-corrected chi connectivity index (χ0v) is 11.5. The van der Waals surface area contributed by atoms with Crippen LogP contribution >= 0.6 is 11.6 Å². The molecule has 0 bridgehead atoms. The molecule has 1 fully saturated rings. The van der Waals surface area contributed by atoms with Gasteiger partial charge >= 0.3 is 0 Å². The first-order chi connectivity index (χ1) is 8.42. The molecule has 2 aromatic heterocycles. The van der Waals surface area contributed by atoms with Gasteiger partial charge in [-0.3, -0.25) is 0 Å². The second-order valence-corrected chi connectivity index (χ2v) is 6.15. The van der Waals surface area contributed by atoms with Crippen LogP contribution in [0.5, 0.6) is 0 Å². The van der Waals surface area contributed by atoms with E-state index in [1.807, 2.05) is 0 Å². The summed E-state index contributed by atoms with van der Waals surface area (Å²) in [7, 11) is 0. The highest BCUT2D eigenvalue weighted by Crippen LogP contribution is 2.39. The number of hydrogen-bond acceptors (Lipinski definition) is 4. The molecule has 2 aromatic rings. The molecule has 96 valence electrons. The van der Waals surface area contributed by atoms with Gasteiger partial charge in [-0.25, -0.2) is 4.98 Å². The molecule has 0 spiro atoms. The molecule has 0 radical (unpaired) electrons. The third-order valence-electron chi connectivity index (χ3n) is 2.80. The van der Waals surface area contributed by atoms with Crippen LogP contribution in [0.1, 0.15) is 45.4 Å². The molecule has 1 aliphatic rings. The number of anilines is 1. The summed E-state index contributed by atoms with van der Waals surface area (Å²) in [6, 6.07) is 0. The summed E-state index contributed by atoms with van der Waals surface area (Å²) in [4.78, 5) is 16.2. The van der Waals surface area contributed by atoms with Gasteiger partial charge in [0.1, 0.15) is 11.3 Å². The predicted molar refractivity (Wildman–Crippen MR) is 72.0 cm³/mol. The Bertz CT molecular complexity index is 594. The lowest BCUT2D eigenvalue weighted by molar-refractivity contribution is 0.631. The van der Waals surface area contributed by atoms with Crippen molar-refractivity contribution in [2.75, 3.05) is 5.32 Å². The van der Waals surface area contributed by atoms with Gasteiger partial charge in [-0.1, -0.05) is 0 Å². The lowest BCUT2D eigenvalue weighted by atomic mass is 10.1. The number of rotatable bonds is 2. The van der Waals surface area contributed by atoms with Crippen molar-refractivity contribution in [3.63, 3.8) is 0 Å². The van der Waals surface area contributed by atoms with E-state index in [2.05, 4.69) is 46.0 Å². The Morgan fingerprint density at radius 2 is 1.94 bits per heavy atom. The van der Waals surface area contributed by atoms with E-state index in [4.69, 9.17) is 11.6 Å². The monoisotopic (exact) mass is 265 g/mol. The van der Waals surface area contributed by atoms with Crippen LogP contribution in [0.15, 0.2) is 0 Å². The van der Waals surface area contributed by atoms with Gasteiger partial charge in [0.05, 0.1) is 0 Å². The lowest BCUT2D eigenvalue weighted by Gasteiger charge is -2.21. The van der Waals surface area contributed by atoms with Crippen LogP contribution in [0, 0.1) is 0 Å². The molecule has 0 saturated heterocycles. The van der Waals surface area contributed by atoms with Gasteiger partial charge in [-0.15, -0.1) is 0 Å². The Balaban J connectivity index is 2.10. The van der Waals surface area contributed by atoms with Crippen LogP contribution < -0.4 is 5.32 Å². The Hall–Kier alpha value is -1.36. The maximum Gasteiger partial charge on any atom is 0.226 e. The molecular weight excluding hydrogens is 250 g/mol. The number of imidazole rings is 1. The minimum atomic E-state index is -0.0878. The number of nitrogens with one attached hydrogen (secondary N) is 2. The molecule has 0 aromatic carbocycles. The molecule has 0 atom stereocenters. The fourth-order valence-corrected chi connectivity index (χ4v) is 2.05. The first-order valence-electron chi connectivity index (χ1n) is 6.14. The highest BCUT2D eigenvalue weighted by atomic mass is 35.5. The second-order valence-electron chi connectivity index (χ2n) is 5.81. The number of H-pyrrole nitrogens is 1. The van der Waals surface area contributed by atoms with Crippen LogP contribution in [-0.4, -0.2) is 25.5 Å². The Labute approximate surface area is 110 Å². The first-order valence-corrected chi connectivity index (χ1v) is 6.51. The zero-order chi connectivity index (χ0) is 12.9. The van der Waals surface area contributed by atoms with Crippen LogP contribution in [0.3, 0.4) is 0 Å². The standard InChI is InChI=1S/C12H16ClN5/c1-12(2,3)18-10-7-9(16-11(13)17-10)15-8(14-7)6-4-5-6/h6H,4-5H2,1-3H3,(H2,14,15,16,17,18). The number of nitrogens with zero attached hydrogens (tertiary/aromatic N) is 3. The number of hydrogen-bond donors (Lipinski definition) is 2. The maximum absolute atomic E-state index is 5.94. The van der Waals surface area contributed by atoms with Crippen LogP contribution in [0.4, 0.5) is 5.82 Å². The van der Waals surface area contributed by atoms with Crippen molar-refractivity contribution in [3.05, 3.63) is 11.1 Å². The topological polar surface area (TPSA) is 66.5 Å². The predicted octanol–water partition coefficient (Wildman–Crippen LogP) is 3.09. The fourth-order valence-electron chi connectivity index (χ4n) is 1.88. The fraction of sp³-hybridized carbons (Fsp3) is 0.583. The Kier molecular flexibility index (Phi) is 2.48. The molecule has 18 heavy (non-hydrogen) atoms. The van der Waals surface area contributed by atoms with Crippen molar-refractivity contribution in [1.82, 2.24) is 19.9 Å². The average Bonchev–Trinajstić information content (AvgIpc) is 2.97. The first kappa shape index (κ1) is 11.7. The van der Waals surface area contributed by atoms with E-state index in [1.165, 1.54) is 12.8 Å². The SMILES string of the molecule is CC(C)(C)Nc1nc(Cl)nc2nc(C3CC3)[nH]c12. The van der Waals surface area contributed by atoms with Gasteiger partial charge in [0.2, 0.25) is 5.28 Å². The van der Waals surface area contributed by atoms with Crippen LogP contribution in [0.25, 0.3) is 11.2 Å². The summed E-state index contributed by atoms with van der Waals surface area (Å²) in [6.45, 7) is 6.23. The summed E-state index contributed by atoms with van der Waals surface area (Å²) < 4.78 is 0. The Morgan fingerprint density at radius 1 is 1.22 bits per heavy atom. The molecule has 1 saturated carbocycles. The van der Waals surface area contributed by atoms with Crippen molar-refractivity contribution in [2.24, 2.45) is 0 Å². The number of aromatic nitrogens is 4. The molecule has 0 amide bonds. The lowest BCUT2D eigenvalue weighted by Crippen LogP contribution is -2.27.